The lowest BCUT2D eigenvalue weighted by Gasteiger charge is -2.01. The highest BCUT2D eigenvalue weighted by atomic mass is 32.2. The topological polar surface area (TPSA) is 114 Å². The van der Waals surface area contributed by atoms with E-state index in [0.717, 1.165) is 18.6 Å². The van der Waals surface area contributed by atoms with Crippen LogP contribution in [0.5, 0.6) is 0 Å². The molecule has 0 atom stereocenters. The maximum Gasteiger partial charge on any atom is 0.225 e. The summed E-state index contributed by atoms with van der Waals surface area (Å²) in [6.07, 6.45) is 2.57. The van der Waals surface area contributed by atoms with Gasteiger partial charge in [-0.1, -0.05) is 0 Å². The van der Waals surface area contributed by atoms with Crippen LogP contribution in [0.25, 0.3) is 0 Å². The maximum absolute atomic E-state index is 8.35. The fourth-order valence-electron chi connectivity index (χ4n) is 1.09. The Labute approximate surface area is 98.5 Å². The third-order valence-electron chi connectivity index (χ3n) is 1.77. The zero-order valence-electron chi connectivity index (χ0n) is 8.89. The molecule has 1 rings (SSSR count). The third-order valence-corrected chi connectivity index (χ3v) is 2.81. The van der Waals surface area contributed by atoms with Crippen molar-refractivity contribution in [2.45, 2.75) is 25.0 Å². The quantitative estimate of drug-likeness (QED) is 0.709. The first-order valence-corrected chi connectivity index (χ1v) is 6.08. The maximum atomic E-state index is 8.35. The van der Waals surface area contributed by atoms with Crippen LogP contribution in [-0.2, 0) is 5.75 Å². The van der Waals surface area contributed by atoms with Crippen molar-refractivity contribution < 1.29 is 0 Å². The van der Waals surface area contributed by atoms with Crippen molar-refractivity contribution in [3.05, 3.63) is 5.82 Å². The highest BCUT2D eigenvalue weighted by Crippen LogP contribution is 2.12. The first kappa shape index (κ1) is 12.5. The molecule has 0 aromatic carbocycles. The first-order chi connectivity index (χ1) is 7.72. The summed E-state index contributed by atoms with van der Waals surface area (Å²) in [6, 6.07) is 2.12. The van der Waals surface area contributed by atoms with Gasteiger partial charge in [0.25, 0.3) is 0 Å². The molecule has 0 amide bonds. The van der Waals surface area contributed by atoms with E-state index in [1.165, 1.54) is 0 Å². The fraction of sp³-hybridized carbons (Fsp3) is 0.556. The third kappa shape index (κ3) is 4.79. The Hall–Kier alpha value is -1.55. The van der Waals surface area contributed by atoms with Crippen LogP contribution in [0, 0.1) is 11.3 Å². The van der Waals surface area contributed by atoms with Crippen LogP contribution in [0.2, 0.25) is 0 Å². The summed E-state index contributed by atoms with van der Waals surface area (Å²) in [5, 5.41) is 8.35. The molecule has 4 N–H and O–H groups in total. The molecule has 1 heterocycles. The molecule has 0 fully saturated rings. The summed E-state index contributed by atoms with van der Waals surface area (Å²) in [4.78, 5) is 11.6. The minimum Gasteiger partial charge on any atom is -0.368 e. The Kier molecular flexibility index (Phi) is 5.36. The molecule has 0 unspecified atom stereocenters. The number of aromatic nitrogens is 3. The van der Waals surface area contributed by atoms with Gasteiger partial charge < -0.3 is 11.5 Å². The van der Waals surface area contributed by atoms with Gasteiger partial charge >= 0.3 is 0 Å². The molecule has 86 valence electrons. The summed E-state index contributed by atoms with van der Waals surface area (Å²) in [5.74, 6) is 2.58. The van der Waals surface area contributed by atoms with E-state index in [1.807, 2.05) is 0 Å². The summed E-state index contributed by atoms with van der Waals surface area (Å²) in [6.45, 7) is 0. The number of hydrogen-bond acceptors (Lipinski definition) is 7. The van der Waals surface area contributed by atoms with E-state index in [9.17, 15) is 0 Å². The van der Waals surface area contributed by atoms with Gasteiger partial charge in [0.1, 0.15) is 5.82 Å². The molecular weight excluding hydrogens is 224 g/mol. The Morgan fingerprint density at radius 1 is 1.12 bits per heavy atom. The smallest absolute Gasteiger partial charge is 0.225 e. The SMILES string of the molecule is N#CCCCCSCc1nc(N)nc(N)n1. The number of nitrogen functional groups attached to an aromatic ring is 2. The van der Waals surface area contributed by atoms with Gasteiger partial charge in [-0.3, -0.25) is 0 Å². The molecule has 0 bridgehead atoms. The monoisotopic (exact) mass is 238 g/mol. The molecule has 16 heavy (non-hydrogen) atoms. The van der Waals surface area contributed by atoms with Crippen LogP contribution in [0.3, 0.4) is 0 Å². The van der Waals surface area contributed by atoms with Crippen molar-refractivity contribution in [1.29, 1.82) is 5.26 Å². The van der Waals surface area contributed by atoms with Crippen LogP contribution >= 0.6 is 11.8 Å². The van der Waals surface area contributed by atoms with Crippen molar-refractivity contribution in [1.82, 2.24) is 15.0 Å². The van der Waals surface area contributed by atoms with Gasteiger partial charge in [-0.05, 0) is 18.6 Å². The first-order valence-electron chi connectivity index (χ1n) is 4.93. The summed E-state index contributed by atoms with van der Waals surface area (Å²) in [7, 11) is 0. The van der Waals surface area contributed by atoms with E-state index in [1.54, 1.807) is 11.8 Å². The molecule has 1 aromatic rings. The molecule has 0 saturated heterocycles. The molecule has 0 spiro atoms. The van der Waals surface area contributed by atoms with E-state index in [0.29, 0.717) is 18.0 Å². The van der Waals surface area contributed by atoms with Gasteiger partial charge in [0.2, 0.25) is 11.9 Å². The van der Waals surface area contributed by atoms with Crippen LogP contribution in [0.4, 0.5) is 11.9 Å². The summed E-state index contributed by atoms with van der Waals surface area (Å²) < 4.78 is 0. The molecule has 0 saturated carbocycles. The van der Waals surface area contributed by atoms with E-state index < -0.39 is 0 Å². The Morgan fingerprint density at radius 3 is 2.44 bits per heavy atom. The minimum atomic E-state index is 0.160. The van der Waals surface area contributed by atoms with Crippen molar-refractivity contribution in [3.8, 4) is 6.07 Å². The average molecular weight is 238 g/mol. The lowest BCUT2D eigenvalue weighted by Crippen LogP contribution is -2.06. The van der Waals surface area contributed by atoms with E-state index in [-0.39, 0.29) is 11.9 Å². The zero-order chi connectivity index (χ0) is 11.8. The van der Waals surface area contributed by atoms with Gasteiger partial charge in [0.05, 0.1) is 11.8 Å². The molecule has 6 nitrogen and oxygen atoms in total. The number of unbranched alkanes of at least 4 members (excludes halogenated alkanes) is 2. The Balaban J connectivity index is 2.24. The van der Waals surface area contributed by atoms with Crippen LogP contribution < -0.4 is 11.5 Å². The standard InChI is InChI=1S/C9H14N6S/c10-4-2-1-3-5-16-6-7-13-8(11)15-9(12)14-7/h1-3,5-6H2,(H4,11,12,13,14,15). The highest BCUT2D eigenvalue weighted by Gasteiger charge is 2.01. The fourth-order valence-corrected chi connectivity index (χ4v) is 1.96. The molecular formula is C9H14N6S. The summed E-state index contributed by atoms with van der Waals surface area (Å²) >= 11 is 1.70. The number of nitrogens with zero attached hydrogens (tertiary/aromatic N) is 4. The second-order valence-corrected chi connectivity index (χ2v) is 4.24. The molecule has 1 aromatic heterocycles. The number of nitriles is 1. The zero-order valence-corrected chi connectivity index (χ0v) is 9.70. The number of hydrogen-bond donors (Lipinski definition) is 2. The van der Waals surface area contributed by atoms with E-state index in [2.05, 4.69) is 21.0 Å². The van der Waals surface area contributed by atoms with Gasteiger partial charge in [-0.15, -0.1) is 0 Å². The average Bonchev–Trinajstić information content (AvgIpc) is 2.22. The van der Waals surface area contributed by atoms with E-state index >= 15 is 0 Å². The molecule has 7 heteroatoms. The number of anilines is 2. The van der Waals surface area contributed by atoms with Crippen molar-refractivity contribution in [2.75, 3.05) is 17.2 Å². The lowest BCUT2D eigenvalue weighted by molar-refractivity contribution is 0.829. The molecule has 0 aliphatic carbocycles. The van der Waals surface area contributed by atoms with Gasteiger partial charge in [0, 0.05) is 6.42 Å². The number of nitrogens with two attached hydrogens (primary N) is 2. The van der Waals surface area contributed by atoms with Crippen LogP contribution in [0.1, 0.15) is 25.1 Å². The van der Waals surface area contributed by atoms with Crippen LogP contribution in [-0.4, -0.2) is 20.7 Å². The molecule has 0 aliphatic rings. The van der Waals surface area contributed by atoms with Crippen molar-refractivity contribution in [2.24, 2.45) is 0 Å². The minimum absolute atomic E-state index is 0.160. The van der Waals surface area contributed by atoms with Crippen molar-refractivity contribution >= 4 is 23.7 Å². The molecule has 0 radical (unpaired) electrons. The van der Waals surface area contributed by atoms with Gasteiger partial charge in [0.15, 0.2) is 0 Å². The lowest BCUT2D eigenvalue weighted by atomic mass is 10.3. The Bertz CT molecular complexity index is 355. The normalized spacial score (nSPS) is 9.94. The largest absolute Gasteiger partial charge is 0.368 e. The summed E-state index contributed by atoms with van der Waals surface area (Å²) in [5.41, 5.74) is 10.9. The number of rotatable bonds is 6. The second kappa shape index (κ2) is 6.85. The second-order valence-electron chi connectivity index (χ2n) is 3.14. The van der Waals surface area contributed by atoms with Crippen molar-refractivity contribution in [3.63, 3.8) is 0 Å². The Morgan fingerprint density at radius 2 is 1.81 bits per heavy atom. The van der Waals surface area contributed by atoms with E-state index in [4.69, 9.17) is 16.7 Å². The molecule has 0 aliphatic heterocycles. The van der Waals surface area contributed by atoms with Gasteiger partial charge in [-0.2, -0.15) is 32.0 Å². The number of thioether (sulfide) groups is 1. The van der Waals surface area contributed by atoms with Crippen LogP contribution in [0.15, 0.2) is 0 Å². The van der Waals surface area contributed by atoms with Gasteiger partial charge in [-0.25, -0.2) is 0 Å². The predicted molar refractivity (Wildman–Crippen MR) is 64.3 cm³/mol. The highest BCUT2D eigenvalue weighted by molar-refractivity contribution is 7.98. The predicted octanol–water partition coefficient (Wildman–Crippen LogP) is 0.963.